The largest absolute Gasteiger partial charge is 0.379 e. The van der Waals surface area contributed by atoms with E-state index in [0.29, 0.717) is 13.2 Å². The van der Waals surface area contributed by atoms with Gasteiger partial charge in [-0.3, -0.25) is 4.79 Å². The van der Waals surface area contributed by atoms with Crippen LogP contribution in [0.4, 0.5) is 0 Å². The highest BCUT2D eigenvalue weighted by Crippen LogP contribution is 2.37. The molecule has 4 aromatic carbocycles. The maximum atomic E-state index is 12.1. The first-order valence-electron chi connectivity index (χ1n) is 16.0. The van der Waals surface area contributed by atoms with Crippen molar-refractivity contribution in [2.45, 2.75) is 62.5 Å². The first-order valence-corrected chi connectivity index (χ1v) is 16.0. The van der Waals surface area contributed by atoms with E-state index in [0.717, 1.165) is 22.3 Å². The molecule has 0 amide bonds. The maximum Gasteiger partial charge on any atom is 0.178 e. The zero-order chi connectivity index (χ0) is 32.3. The molecule has 1 N–H and O–H groups in total. The van der Waals surface area contributed by atoms with Crippen LogP contribution in [-0.2, 0) is 54.9 Å². The Kier molecular flexibility index (Phi) is 11.2. The number of hydrogen-bond donors (Lipinski definition) is 1. The molecule has 0 saturated carbocycles. The van der Waals surface area contributed by atoms with Gasteiger partial charge in [0.1, 0.15) is 36.1 Å². The van der Waals surface area contributed by atoms with Gasteiger partial charge < -0.3 is 28.8 Å². The maximum absolute atomic E-state index is 12.1. The number of hydrogen-bond acceptors (Lipinski definition) is 7. The van der Waals surface area contributed by atoms with Gasteiger partial charge in [-0.2, -0.15) is 0 Å². The molecule has 1 saturated heterocycles. The minimum atomic E-state index is -1.65. The van der Waals surface area contributed by atoms with Crippen LogP contribution in [-0.4, -0.2) is 53.6 Å². The van der Waals surface area contributed by atoms with Crippen molar-refractivity contribution >= 4 is 5.78 Å². The number of carbonyl (C=O) groups excluding carboxylic acids is 1. The highest BCUT2D eigenvalue weighted by Gasteiger charge is 2.54. The molecule has 6 rings (SSSR count). The second-order valence-corrected chi connectivity index (χ2v) is 11.8. The Morgan fingerprint density at radius 1 is 0.553 bits per heavy atom. The molecule has 5 atom stereocenters. The fourth-order valence-electron chi connectivity index (χ4n) is 5.89. The van der Waals surface area contributed by atoms with Gasteiger partial charge in [0.25, 0.3) is 0 Å². The Labute approximate surface area is 276 Å². The smallest absolute Gasteiger partial charge is 0.178 e. The van der Waals surface area contributed by atoms with Crippen molar-refractivity contribution in [1.29, 1.82) is 0 Å². The Morgan fingerprint density at radius 3 is 1.43 bits per heavy atom. The zero-order valence-electron chi connectivity index (χ0n) is 26.2. The van der Waals surface area contributed by atoms with E-state index in [1.54, 1.807) is 0 Å². The second-order valence-electron chi connectivity index (χ2n) is 11.8. The molecular weight excluding hydrogens is 592 g/mol. The molecule has 7 heteroatoms. The third kappa shape index (κ3) is 8.78. The van der Waals surface area contributed by atoms with Crippen LogP contribution in [0.2, 0.25) is 0 Å². The third-order valence-electron chi connectivity index (χ3n) is 8.37. The molecule has 0 bridgehead atoms. The van der Waals surface area contributed by atoms with Gasteiger partial charge in [0.15, 0.2) is 5.78 Å². The van der Waals surface area contributed by atoms with E-state index in [4.69, 9.17) is 23.7 Å². The first kappa shape index (κ1) is 32.7. The lowest BCUT2D eigenvalue weighted by Gasteiger charge is -2.50. The van der Waals surface area contributed by atoms with Crippen molar-refractivity contribution in [3.63, 3.8) is 0 Å². The molecule has 242 valence electrons. The van der Waals surface area contributed by atoms with E-state index in [2.05, 4.69) is 0 Å². The van der Waals surface area contributed by atoms with Crippen LogP contribution in [0.1, 0.15) is 22.3 Å². The summed E-state index contributed by atoms with van der Waals surface area (Å²) < 4.78 is 33.1. The Bertz CT molecular complexity index is 1580. The molecule has 47 heavy (non-hydrogen) atoms. The van der Waals surface area contributed by atoms with Crippen molar-refractivity contribution in [3.8, 4) is 0 Å². The summed E-state index contributed by atoms with van der Waals surface area (Å²) in [5.74, 6) is -0.212. The van der Waals surface area contributed by atoms with Crippen LogP contribution in [0.5, 0.6) is 0 Å². The van der Waals surface area contributed by atoms with E-state index >= 15 is 0 Å². The molecule has 1 heterocycles. The highest BCUT2D eigenvalue weighted by molar-refractivity contribution is 6.00. The van der Waals surface area contributed by atoms with E-state index < -0.39 is 36.1 Å². The van der Waals surface area contributed by atoms with Gasteiger partial charge in [0, 0.05) is 0 Å². The van der Waals surface area contributed by atoms with Crippen LogP contribution < -0.4 is 0 Å². The summed E-state index contributed by atoms with van der Waals surface area (Å²) in [5, 5.41) is 12.0. The quantitative estimate of drug-likeness (QED) is 0.179. The fraction of sp³-hybridized carbons (Fsp3) is 0.275. The molecule has 7 nitrogen and oxygen atoms in total. The molecular formula is C40H40O7. The molecule has 0 spiro atoms. The van der Waals surface area contributed by atoms with Crippen molar-refractivity contribution in [2.75, 3.05) is 6.61 Å². The lowest BCUT2D eigenvalue weighted by atomic mass is 9.82. The zero-order valence-corrected chi connectivity index (χ0v) is 26.2. The van der Waals surface area contributed by atoms with E-state index in [9.17, 15) is 9.90 Å². The Hall–Kier alpha value is -4.21. The van der Waals surface area contributed by atoms with Crippen LogP contribution in [0.3, 0.4) is 0 Å². The summed E-state index contributed by atoms with van der Waals surface area (Å²) in [6, 6.07) is 39.6. The van der Waals surface area contributed by atoms with E-state index in [-0.39, 0.29) is 25.6 Å². The standard InChI is InChI=1S/C40H40O7/c41-34-21-23-40(42,24-22-34)39-38(46-28-33-19-11-4-12-20-33)37(45-27-32-17-9-3-10-18-32)36(44-26-31-15-7-2-8-16-31)35(47-39)29-43-25-30-13-5-1-6-14-30/h1-24,35-39,42H,25-29H2/t35?,36-,37?,38?,39-/m1/s1. The van der Waals surface area contributed by atoms with Crippen LogP contribution in [0.15, 0.2) is 146 Å². The number of carbonyl (C=O) groups is 1. The summed E-state index contributed by atoms with van der Waals surface area (Å²) in [7, 11) is 0. The number of rotatable bonds is 14. The molecule has 0 aromatic heterocycles. The van der Waals surface area contributed by atoms with Gasteiger partial charge >= 0.3 is 0 Å². The van der Waals surface area contributed by atoms with Crippen LogP contribution in [0.25, 0.3) is 0 Å². The summed E-state index contributed by atoms with van der Waals surface area (Å²) in [6.07, 6.45) is 1.96. The summed E-state index contributed by atoms with van der Waals surface area (Å²) in [6.45, 7) is 1.39. The average Bonchev–Trinajstić information content (AvgIpc) is 3.12. The predicted octanol–water partition coefficient (Wildman–Crippen LogP) is 6.15. The summed E-state index contributed by atoms with van der Waals surface area (Å²) >= 11 is 0. The summed E-state index contributed by atoms with van der Waals surface area (Å²) in [5.41, 5.74) is 2.32. The molecule has 1 fully saturated rings. The molecule has 0 radical (unpaired) electrons. The predicted molar refractivity (Wildman–Crippen MR) is 178 cm³/mol. The Morgan fingerprint density at radius 2 is 0.957 bits per heavy atom. The van der Waals surface area contributed by atoms with E-state index in [1.807, 2.05) is 121 Å². The topological polar surface area (TPSA) is 83.5 Å². The number of aliphatic hydroxyl groups is 1. The average molecular weight is 633 g/mol. The fourth-order valence-corrected chi connectivity index (χ4v) is 5.89. The van der Waals surface area contributed by atoms with Gasteiger partial charge in [-0.15, -0.1) is 0 Å². The molecule has 3 unspecified atom stereocenters. The molecule has 1 aliphatic carbocycles. The van der Waals surface area contributed by atoms with Gasteiger partial charge in [-0.1, -0.05) is 121 Å². The van der Waals surface area contributed by atoms with Crippen LogP contribution >= 0.6 is 0 Å². The van der Waals surface area contributed by atoms with Gasteiger partial charge in [-0.25, -0.2) is 0 Å². The van der Waals surface area contributed by atoms with E-state index in [1.165, 1.54) is 24.3 Å². The second kappa shape index (κ2) is 16.1. The lowest BCUT2D eigenvalue weighted by Crippen LogP contribution is -2.66. The van der Waals surface area contributed by atoms with Crippen molar-refractivity contribution in [2.24, 2.45) is 0 Å². The third-order valence-corrected chi connectivity index (χ3v) is 8.37. The van der Waals surface area contributed by atoms with Gasteiger partial charge in [-0.05, 0) is 46.6 Å². The number of ether oxygens (including phenoxy) is 5. The number of allylic oxidation sites excluding steroid dienone is 2. The summed E-state index contributed by atoms with van der Waals surface area (Å²) in [4.78, 5) is 12.1. The highest BCUT2D eigenvalue weighted by atomic mass is 16.6. The number of benzene rings is 4. The normalized spacial score (nSPS) is 23.5. The molecule has 4 aromatic rings. The number of ketones is 1. The first-order chi connectivity index (χ1) is 23.1. The van der Waals surface area contributed by atoms with Crippen molar-refractivity contribution < 1.29 is 33.6 Å². The van der Waals surface area contributed by atoms with Crippen LogP contribution in [0, 0.1) is 0 Å². The van der Waals surface area contributed by atoms with Gasteiger partial charge in [0.2, 0.25) is 0 Å². The monoisotopic (exact) mass is 632 g/mol. The van der Waals surface area contributed by atoms with Crippen molar-refractivity contribution in [3.05, 3.63) is 168 Å². The molecule has 1 aliphatic heterocycles. The Balaban J connectivity index is 1.35. The SMILES string of the molecule is O=C1C=CC(O)([C@@H]2OC(COCc3ccccc3)[C@@H](OCc3ccccc3)C(OCc3ccccc3)C2OCc2ccccc2)C=C1. The minimum absolute atomic E-state index is 0.171. The van der Waals surface area contributed by atoms with Crippen molar-refractivity contribution in [1.82, 2.24) is 0 Å². The minimum Gasteiger partial charge on any atom is -0.379 e. The molecule has 2 aliphatic rings. The lowest BCUT2D eigenvalue weighted by molar-refractivity contribution is -0.291. The van der Waals surface area contributed by atoms with Gasteiger partial charge in [0.05, 0.1) is 33.0 Å².